The van der Waals surface area contributed by atoms with Crippen LogP contribution in [0.25, 0.3) is 0 Å². The van der Waals surface area contributed by atoms with Gasteiger partial charge in [-0.15, -0.1) is 0 Å². The normalized spacial score (nSPS) is 26.9. The zero-order valence-corrected chi connectivity index (χ0v) is 9.61. The Bertz CT molecular complexity index is 307. The summed E-state index contributed by atoms with van der Waals surface area (Å²) in [7, 11) is 0. The Hall–Kier alpha value is -1.14. The van der Waals surface area contributed by atoms with Crippen molar-refractivity contribution in [3.8, 4) is 0 Å². The highest BCUT2D eigenvalue weighted by Crippen LogP contribution is 2.40. The van der Waals surface area contributed by atoms with Crippen LogP contribution in [-0.4, -0.2) is 49.5 Å². The molecule has 1 aliphatic carbocycles. The van der Waals surface area contributed by atoms with Gasteiger partial charge >= 0.3 is 5.97 Å². The van der Waals surface area contributed by atoms with E-state index in [1.54, 1.807) is 0 Å². The van der Waals surface area contributed by atoms with Crippen LogP contribution >= 0.6 is 0 Å². The summed E-state index contributed by atoms with van der Waals surface area (Å²) < 4.78 is 10.4. The standard InChI is InChI=1S/C11H17NO5/c13-9(8-6-16-4-5-17-8)12-7-11(10(14)15)2-1-3-11/h8H,1-7H2,(H,12,13)(H,14,15). The van der Waals surface area contributed by atoms with Crippen molar-refractivity contribution in [2.45, 2.75) is 25.4 Å². The molecule has 6 nitrogen and oxygen atoms in total. The molecule has 2 aliphatic rings. The molecule has 6 heteroatoms. The second-order valence-electron chi connectivity index (χ2n) is 4.59. The van der Waals surface area contributed by atoms with Crippen molar-refractivity contribution in [2.75, 3.05) is 26.4 Å². The van der Waals surface area contributed by atoms with Crippen LogP contribution in [0.1, 0.15) is 19.3 Å². The van der Waals surface area contributed by atoms with Gasteiger partial charge in [-0.3, -0.25) is 9.59 Å². The highest BCUT2D eigenvalue weighted by atomic mass is 16.6. The summed E-state index contributed by atoms with van der Waals surface area (Å²) in [5.41, 5.74) is -0.759. The van der Waals surface area contributed by atoms with Gasteiger partial charge < -0.3 is 19.9 Å². The third-order valence-electron chi connectivity index (χ3n) is 3.47. The summed E-state index contributed by atoms with van der Waals surface area (Å²) in [5.74, 6) is -1.11. The Balaban J connectivity index is 1.80. The zero-order chi connectivity index (χ0) is 12.3. The predicted octanol–water partition coefficient (Wildman–Crippen LogP) is -0.227. The van der Waals surface area contributed by atoms with Crippen molar-refractivity contribution < 1.29 is 24.2 Å². The summed E-state index contributed by atoms with van der Waals surface area (Å²) in [5, 5.41) is 11.8. The zero-order valence-electron chi connectivity index (χ0n) is 9.61. The van der Waals surface area contributed by atoms with Gasteiger partial charge in [-0.1, -0.05) is 6.42 Å². The lowest BCUT2D eigenvalue weighted by molar-refractivity contribution is -0.156. The second kappa shape index (κ2) is 5.01. The number of rotatable bonds is 4. The minimum Gasteiger partial charge on any atom is -0.481 e. The molecule has 1 atom stereocenters. The number of carbonyl (C=O) groups is 2. The second-order valence-corrected chi connectivity index (χ2v) is 4.59. The highest BCUT2D eigenvalue weighted by molar-refractivity contribution is 5.82. The monoisotopic (exact) mass is 243 g/mol. The number of aliphatic carboxylic acids is 1. The summed E-state index contributed by atoms with van der Waals surface area (Å²) in [6.45, 7) is 1.33. The van der Waals surface area contributed by atoms with Crippen LogP contribution in [0.15, 0.2) is 0 Å². The first kappa shape index (κ1) is 12.3. The van der Waals surface area contributed by atoms with Crippen molar-refractivity contribution in [3.63, 3.8) is 0 Å². The predicted molar refractivity (Wildman–Crippen MR) is 57.5 cm³/mol. The Morgan fingerprint density at radius 3 is 2.59 bits per heavy atom. The Morgan fingerprint density at radius 2 is 2.12 bits per heavy atom. The SMILES string of the molecule is O=C(NCC1(C(=O)O)CCC1)C1COCCO1. The third-order valence-corrected chi connectivity index (χ3v) is 3.47. The molecule has 2 N–H and O–H groups in total. The van der Waals surface area contributed by atoms with E-state index in [4.69, 9.17) is 14.6 Å². The molecule has 1 unspecified atom stereocenters. The van der Waals surface area contributed by atoms with Crippen LogP contribution in [0, 0.1) is 5.41 Å². The van der Waals surface area contributed by atoms with Crippen molar-refractivity contribution in [3.05, 3.63) is 0 Å². The van der Waals surface area contributed by atoms with E-state index < -0.39 is 17.5 Å². The minimum atomic E-state index is -0.829. The number of ether oxygens (including phenoxy) is 2. The molecular formula is C11H17NO5. The van der Waals surface area contributed by atoms with Crippen LogP contribution in [0.4, 0.5) is 0 Å². The quantitative estimate of drug-likeness (QED) is 0.712. The van der Waals surface area contributed by atoms with Gasteiger partial charge in [0.05, 0.1) is 25.2 Å². The van der Waals surface area contributed by atoms with Crippen LogP contribution in [0.3, 0.4) is 0 Å². The number of hydrogen-bond acceptors (Lipinski definition) is 4. The van der Waals surface area contributed by atoms with Crippen molar-refractivity contribution in [2.24, 2.45) is 5.41 Å². The van der Waals surface area contributed by atoms with Gasteiger partial charge in [-0.2, -0.15) is 0 Å². The largest absolute Gasteiger partial charge is 0.481 e. The smallest absolute Gasteiger partial charge is 0.311 e. The summed E-state index contributed by atoms with van der Waals surface area (Å²) in [6, 6.07) is 0. The molecule has 0 aromatic rings. The molecule has 17 heavy (non-hydrogen) atoms. The van der Waals surface area contributed by atoms with Crippen LogP contribution < -0.4 is 5.32 Å². The summed E-state index contributed by atoms with van der Waals surface area (Å²) >= 11 is 0. The van der Waals surface area contributed by atoms with Gasteiger partial charge in [-0.25, -0.2) is 0 Å². The molecule has 2 rings (SSSR count). The van der Waals surface area contributed by atoms with E-state index >= 15 is 0 Å². The number of carbonyl (C=O) groups excluding carboxylic acids is 1. The van der Waals surface area contributed by atoms with E-state index in [1.165, 1.54) is 0 Å². The van der Waals surface area contributed by atoms with Gasteiger partial charge in [0.15, 0.2) is 6.10 Å². The average molecular weight is 243 g/mol. The topological polar surface area (TPSA) is 84.9 Å². The maximum atomic E-state index is 11.7. The molecule has 2 fully saturated rings. The Kier molecular flexibility index (Phi) is 3.63. The van der Waals surface area contributed by atoms with Gasteiger partial charge in [-0.05, 0) is 12.8 Å². The van der Waals surface area contributed by atoms with E-state index in [-0.39, 0.29) is 19.1 Å². The third kappa shape index (κ3) is 2.58. The Labute approximate surface area is 99.3 Å². The first-order valence-corrected chi connectivity index (χ1v) is 5.84. The maximum Gasteiger partial charge on any atom is 0.311 e. The molecule has 0 bridgehead atoms. The van der Waals surface area contributed by atoms with E-state index in [1.807, 2.05) is 0 Å². The molecule has 1 heterocycles. The highest BCUT2D eigenvalue weighted by Gasteiger charge is 2.44. The molecule has 1 saturated carbocycles. The average Bonchev–Trinajstić information content (AvgIpc) is 2.28. The molecule has 1 amide bonds. The van der Waals surface area contributed by atoms with E-state index in [2.05, 4.69) is 5.32 Å². The minimum absolute atomic E-state index is 0.182. The lowest BCUT2D eigenvalue weighted by Crippen LogP contribution is -2.51. The summed E-state index contributed by atoms with van der Waals surface area (Å²) in [4.78, 5) is 22.8. The first-order chi connectivity index (χ1) is 8.14. The summed E-state index contributed by atoms with van der Waals surface area (Å²) in [6.07, 6.45) is 1.56. The molecule has 1 saturated heterocycles. The number of amides is 1. The molecular weight excluding hydrogens is 226 g/mol. The molecule has 0 radical (unpaired) electrons. The number of nitrogens with one attached hydrogen (secondary N) is 1. The lowest BCUT2D eigenvalue weighted by atomic mass is 9.69. The van der Waals surface area contributed by atoms with Crippen LogP contribution in [-0.2, 0) is 19.1 Å². The van der Waals surface area contributed by atoms with Crippen LogP contribution in [0.5, 0.6) is 0 Å². The number of carboxylic acid groups (broad SMARTS) is 1. The van der Waals surface area contributed by atoms with Crippen LogP contribution in [0.2, 0.25) is 0 Å². The van der Waals surface area contributed by atoms with Crippen molar-refractivity contribution >= 4 is 11.9 Å². The maximum absolute atomic E-state index is 11.7. The van der Waals surface area contributed by atoms with Crippen molar-refractivity contribution in [1.29, 1.82) is 0 Å². The fourth-order valence-electron chi connectivity index (χ4n) is 2.08. The number of hydrogen-bond donors (Lipinski definition) is 2. The van der Waals surface area contributed by atoms with E-state index in [9.17, 15) is 9.59 Å². The van der Waals surface area contributed by atoms with Gasteiger partial charge in [0.2, 0.25) is 0 Å². The molecule has 0 spiro atoms. The molecule has 0 aromatic carbocycles. The molecule has 0 aromatic heterocycles. The first-order valence-electron chi connectivity index (χ1n) is 5.84. The van der Waals surface area contributed by atoms with Gasteiger partial charge in [0, 0.05) is 6.54 Å². The van der Waals surface area contributed by atoms with E-state index in [0.717, 1.165) is 6.42 Å². The Morgan fingerprint density at radius 1 is 1.35 bits per heavy atom. The van der Waals surface area contributed by atoms with Gasteiger partial charge in [0.25, 0.3) is 5.91 Å². The fourth-order valence-corrected chi connectivity index (χ4v) is 2.08. The lowest BCUT2D eigenvalue weighted by Gasteiger charge is -2.38. The number of carboxylic acids is 1. The molecule has 96 valence electrons. The van der Waals surface area contributed by atoms with Crippen molar-refractivity contribution in [1.82, 2.24) is 5.32 Å². The van der Waals surface area contributed by atoms with Gasteiger partial charge in [0.1, 0.15) is 0 Å². The fraction of sp³-hybridized carbons (Fsp3) is 0.818. The molecule has 1 aliphatic heterocycles. The van der Waals surface area contributed by atoms with E-state index in [0.29, 0.717) is 26.1 Å².